The minimum Gasteiger partial charge on any atom is -0.480 e. The zero-order chi connectivity index (χ0) is 15.2. The molecule has 0 radical (unpaired) electrons. The van der Waals surface area contributed by atoms with Crippen molar-refractivity contribution < 1.29 is 24.2 Å². The molecule has 0 saturated heterocycles. The van der Waals surface area contributed by atoms with Crippen LogP contribution in [-0.4, -0.2) is 56.6 Å². The molecule has 7 nitrogen and oxygen atoms in total. The first-order valence-electron chi connectivity index (χ1n) is 6.56. The number of amides is 2. The van der Waals surface area contributed by atoms with Gasteiger partial charge in [0.1, 0.15) is 6.04 Å². The van der Waals surface area contributed by atoms with Crippen LogP contribution in [0.2, 0.25) is 0 Å². The molecular weight excluding hydrogens is 264 g/mol. The normalized spacial score (nSPS) is 11.7. The van der Waals surface area contributed by atoms with Crippen molar-refractivity contribution in [1.29, 1.82) is 0 Å². The molecule has 116 valence electrons. The van der Waals surface area contributed by atoms with E-state index < -0.39 is 18.0 Å². The van der Waals surface area contributed by atoms with Gasteiger partial charge in [0.25, 0.3) is 0 Å². The van der Waals surface area contributed by atoms with Crippen LogP contribution < -0.4 is 10.6 Å². The van der Waals surface area contributed by atoms with Gasteiger partial charge in [-0.3, -0.25) is 0 Å². The number of ether oxygens (including phenoxy) is 2. The number of methoxy groups -OCH3 is 1. The molecule has 0 spiro atoms. The van der Waals surface area contributed by atoms with E-state index in [1.165, 1.54) is 6.08 Å². The highest BCUT2D eigenvalue weighted by Gasteiger charge is 2.17. The van der Waals surface area contributed by atoms with Crippen LogP contribution in [-0.2, 0) is 14.3 Å². The predicted octanol–water partition coefficient (Wildman–Crippen LogP) is 0.758. The largest absolute Gasteiger partial charge is 0.480 e. The third-order valence-electron chi connectivity index (χ3n) is 2.44. The van der Waals surface area contributed by atoms with Crippen molar-refractivity contribution in [3.63, 3.8) is 0 Å². The number of unbranched alkanes of at least 4 members (excludes halogenated alkanes) is 1. The highest BCUT2D eigenvalue weighted by molar-refractivity contribution is 5.82. The lowest BCUT2D eigenvalue weighted by atomic mass is 10.2. The predicted molar refractivity (Wildman–Crippen MR) is 74.7 cm³/mol. The number of carboxylic acids is 1. The fourth-order valence-corrected chi connectivity index (χ4v) is 1.37. The molecule has 0 saturated carbocycles. The van der Waals surface area contributed by atoms with Crippen molar-refractivity contribution in [3.05, 3.63) is 12.7 Å². The van der Waals surface area contributed by atoms with E-state index in [1.54, 1.807) is 7.11 Å². The van der Waals surface area contributed by atoms with Gasteiger partial charge >= 0.3 is 12.0 Å². The Hall–Kier alpha value is -1.60. The summed E-state index contributed by atoms with van der Waals surface area (Å²) >= 11 is 0. The van der Waals surface area contributed by atoms with Gasteiger partial charge in [-0.15, -0.1) is 6.58 Å². The van der Waals surface area contributed by atoms with E-state index in [0.29, 0.717) is 26.4 Å². The molecule has 0 aliphatic heterocycles. The molecular formula is C13H24N2O5. The van der Waals surface area contributed by atoms with E-state index in [-0.39, 0.29) is 6.42 Å². The summed E-state index contributed by atoms with van der Waals surface area (Å²) in [5.74, 6) is -1.08. The Morgan fingerprint density at radius 1 is 1.30 bits per heavy atom. The van der Waals surface area contributed by atoms with Crippen molar-refractivity contribution in [2.75, 3.05) is 33.5 Å². The molecule has 1 atom stereocenters. The summed E-state index contributed by atoms with van der Waals surface area (Å²) in [6.45, 7) is 5.67. The van der Waals surface area contributed by atoms with Gasteiger partial charge in [-0.25, -0.2) is 9.59 Å². The maximum Gasteiger partial charge on any atom is 0.326 e. The maximum absolute atomic E-state index is 11.4. The Morgan fingerprint density at radius 2 is 2.05 bits per heavy atom. The number of hydrogen-bond donors (Lipinski definition) is 3. The summed E-state index contributed by atoms with van der Waals surface area (Å²) in [5.41, 5.74) is 0. The lowest BCUT2D eigenvalue weighted by Gasteiger charge is -2.13. The number of rotatable bonds is 12. The average molecular weight is 288 g/mol. The van der Waals surface area contributed by atoms with Gasteiger partial charge in [-0.1, -0.05) is 6.08 Å². The van der Waals surface area contributed by atoms with Crippen LogP contribution in [0.3, 0.4) is 0 Å². The Balaban J connectivity index is 3.57. The van der Waals surface area contributed by atoms with Crippen molar-refractivity contribution in [2.24, 2.45) is 0 Å². The molecule has 2 amide bonds. The minimum absolute atomic E-state index is 0.191. The van der Waals surface area contributed by atoms with Crippen LogP contribution in [0.4, 0.5) is 4.79 Å². The van der Waals surface area contributed by atoms with Crippen LogP contribution in [0.1, 0.15) is 19.3 Å². The van der Waals surface area contributed by atoms with E-state index in [0.717, 1.165) is 12.8 Å². The number of aliphatic carboxylic acids is 1. The molecule has 0 heterocycles. The van der Waals surface area contributed by atoms with Crippen molar-refractivity contribution in [1.82, 2.24) is 10.6 Å². The van der Waals surface area contributed by atoms with Crippen LogP contribution >= 0.6 is 0 Å². The van der Waals surface area contributed by atoms with E-state index in [9.17, 15) is 9.59 Å². The molecule has 0 aromatic rings. The van der Waals surface area contributed by atoms with E-state index in [2.05, 4.69) is 17.2 Å². The Morgan fingerprint density at radius 3 is 2.65 bits per heavy atom. The highest BCUT2D eigenvalue weighted by Crippen LogP contribution is 1.93. The number of carbonyl (C=O) groups excluding carboxylic acids is 1. The van der Waals surface area contributed by atoms with E-state index in [4.69, 9.17) is 14.6 Å². The number of urea groups is 1. The molecule has 7 heteroatoms. The summed E-state index contributed by atoms with van der Waals surface area (Å²) in [5, 5.41) is 13.8. The molecule has 0 bridgehead atoms. The second-order valence-corrected chi connectivity index (χ2v) is 4.13. The summed E-state index contributed by atoms with van der Waals surface area (Å²) in [6.07, 6.45) is 3.23. The van der Waals surface area contributed by atoms with Crippen LogP contribution in [0.15, 0.2) is 12.7 Å². The molecule has 0 aromatic heterocycles. The van der Waals surface area contributed by atoms with Crippen molar-refractivity contribution >= 4 is 12.0 Å². The zero-order valence-corrected chi connectivity index (χ0v) is 11.9. The van der Waals surface area contributed by atoms with Gasteiger partial charge in [0.15, 0.2) is 0 Å². The number of nitrogens with one attached hydrogen (secondary N) is 2. The Labute approximate surface area is 119 Å². The van der Waals surface area contributed by atoms with Gasteiger partial charge in [0.2, 0.25) is 0 Å². The van der Waals surface area contributed by atoms with Gasteiger partial charge in [0, 0.05) is 20.3 Å². The molecule has 20 heavy (non-hydrogen) atoms. The van der Waals surface area contributed by atoms with Crippen LogP contribution in [0.25, 0.3) is 0 Å². The molecule has 0 fully saturated rings. The maximum atomic E-state index is 11.4. The molecule has 0 aromatic carbocycles. The lowest BCUT2D eigenvalue weighted by Crippen LogP contribution is -2.46. The summed E-state index contributed by atoms with van der Waals surface area (Å²) < 4.78 is 10.1. The van der Waals surface area contributed by atoms with Crippen molar-refractivity contribution in [2.45, 2.75) is 25.3 Å². The minimum atomic E-state index is -1.08. The van der Waals surface area contributed by atoms with Gasteiger partial charge in [-0.2, -0.15) is 0 Å². The second kappa shape index (κ2) is 12.4. The highest BCUT2D eigenvalue weighted by atomic mass is 16.5. The first-order chi connectivity index (χ1) is 9.61. The number of hydrogen-bond acceptors (Lipinski definition) is 4. The van der Waals surface area contributed by atoms with E-state index in [1.807, 2.05) is 0 Å². The lowest BCUT2D eigenvalue weighted by molar-refractivity contribution is -0.139. The van der Waals surface area contributed by atoms with E-state index >= 15 is 0 Å². The van der Waals surface area contributed by atoms with Crippen molar-refractivity contribution in [3.8, 4) is 0 Å². The summed E-state index contributed by atoms with van der Waals surface area (Å²) in [4.78, 5) is 22.2. The fourth-order valence-electron chi connectivity index (χ4n) is 1.37. The molecule has 0 aliphatic rings. The molecule has 1 unspecified atom stereocenters. The SMILES string of the molecule is C=CCC(NC(=O)NCCCCOCCOC)C(=O)O. The monoisotopic (exact) mass is 288 g/mol. The van der Waals surface area contributed by atoms with Gasteiger partial charge in [0.05, 0.1) is 13.2 Å². The van der Waals surface area contributed by atoms with Gasteiger partial charge < -0.3 is 25.2 Å². The third-order valence-corrected chi connectivity index (χ3v) is 2.44. The Bertz CT molecular complexity index is 296. The summed E-state index contributed by atoms with van der Waals surface area (Å²) in [7, 11) is 1.61. The molecule has 0 rings (SSSR count). The third kappa shape index (κ3) is 10.3. The number of carboxylic acid groups (broad SMARTS) is 1. The molecule has 0 aliphatic carbocycles. The smallest absolute Gasteiger partial charge is 0.326 e. The summed E-state index contributed by atoms with van der Waals surface area (Å²) in [6, 6.07) is -1.43. The second-order valence-electron chi connectivity index (χ2n) is 4.13. The first kappa shape index (κ1) is 18.4. The first-order valence-corrected chi connectivity index (χ1v) is 6.56. The standard InChI is InChI=1S/C13H24N2O5/c1-3-6-11(12(16)17)15-13(18)14-7-4-5-8-20-10-9-19-2/h3,11H,1,4-10H2,2H3,(H,16,17)(H2,14,15,18). The molecule has 3 N–H and O–H groups in total. The topological polar surface area (TPSA) is 96.9 Å². The van der Waals surface area contributed by atoms with Gasteiger partial charge in [-0.05, 0) is 19.3 Å². The quantitative estimate of drug-likeness (QED) is 0.364. The average Bonchev–Trinajstić information content (AvgIpc) is 2.41. The van der Waals surface area contributed by atoms with Crippen LogP contribution in [0.5, 0.6) is 0 Å². The Kier molecular flexibility index (Phi) is 11.4. The fraction of sp³-hybridized carbons (Fsp3) is 0.692. The van der Waals surface area contributed by atoms with Crippen LogP contribution in [0, 0.1) is 0 Å². The number of carbonyl (C=O) groups is 2. The zero-order valence-electron chi connectivity index (χ0n) is 11.9.